The second-order valence-electron chi connectivity index (χ2n) is 11.3. The number of hydrogen-bond donors (Lipinski definition) is 0. The van der Waals surface area contributed by atoms with Crippen molar-refractivity contribution < 1.29 is 30.5 Å². The molecule has 1 aromatic heterocycles. The van der Waals surface area contributed by atoms with Crippen molar-refractivity contribution in [3.05, 3.63) is 182 Å². The topological polar surface area (TPSA) is 13.1 Å². The van der Waals surface area contributed by atoms with Crippen LogP contribution in [0.15, 0.2) is 186 Å². The Labute approximate surface area is 311 Å². The predicted molar refractivity (Wildman–Crippen MR) is 208 cm³/mol. The third-order valence-electron chi connectivity index (χ3n) is 8.75. The van der Waals surface area contributed by atoms with Gasteiger partial charge in [-0.05, 0) is 89.0 Å². The van der Waals surface area contributed by atoms with Gasteiger partial charge in [0, 0.05) is 10.8 Å². The lowest BCUT2D eigenvalue weighted by molar-refractivity contribution is 0.669. The van der Waals surface area contributed by atoms with E-state index in [9.17, 15) is 11.0 Å². The molecule has 1 nitrogen and oxygen atoms in total. The largest absolute Gasteiger partial charge is 0.456 e. The summed E-state index contributed by atoms with van der Waals surface area (Å²) in [4.78, 5) is 0. The van der Waals surface area contributed by atoms with Crippen LogP contribution in [0.3, 0.4) is 0 Å². The molecule has 0 radical (unpaired) electrons. The molecular weight excluding hydrogens is 593 g/mol. The van der Waals surface area contributed by atoms with Gasteiger partial charge in [0.1, 0.15) is 11.2 Å². The molecule has 228 valence electrons. The average Bonchev–Trinajstić information content (AvgIpc) is 3.73. The molecule has 1 heteroatoms. The van der Waals surface area contributed by atoms with Crippen molar-refractivity contribution in [1.82, 2.24) is 0 Å². The molecule has 1 heterocycles. The van der Waals surface area contributed by atoms with Crippen LogP contribution in [0.2, 0.25) is 0 Å². The van der Waals surface area contributed by atoms with Crippen LogP contribution in [-0.2, 0) is 0 Å². The molecule has 49 heavy (non-hydrogen) atoms. The molecule has 10 rings (SSSR count). The van der Waals surface area contributed by atoms with Crippen LogP contribution in [0.1, 0.15) is 26.0 Å². The van der Waals surface area contributed by atoms with E-state index in [1.54, 1.807) is 24.3 Å². The van der Waals surface area contributed by atoms with Gasteiger partial charge in [-0.2, -0.15) is 0 Å². The first kappa shape index (κ1) is 14.8. The van der Waals surface area contributed by atoms with Crippen LogP contribution in [-0.4, -0.2) is 0 Å². The highest BCUT2D eigenvalue weighted by Crippen LogP contribution is 2.48. The normalized spacial score (nSPS) is 17.1. The Morgan fingerprint density at radius 2 is 0.816 bits per heavy atom. The molecule has 9 aromatic carbocycles. The number of rotatable bonds is 4. The van der Waals surface area contributed by atoms with E-state index in [0.29, 0.717) is 21.9 Å². The Bertz CT molecular complexity index is 3850. The fourth-order valence-corrected chi connectivity index (χ4v) is 6.76. The minimum Gasteiger partial charge on any atom is -0.456 e. The maximum atomic E-state index is 9.99. The zero-order valence-corrected chi connectivity index (χ0v) is 25.3. The monoisotopic (exact) mass is 641 g/mol. The van der Waals surface area contributed by atoms with E-state index in [2.05, 4.69) is 0 Å². The van der Waals surface area contributed by atoms with Gasteiger partial charge in [-0.15, -0.1) is 0 Å². The molecule has 0 fully saturated rings. The molecule has 0 aliphatic carbocycles. The van der Waals surface area contributed by atoms with Gasteiger partial charge in [0.25, 0.3) is 0 Å². The van der Waals surface area contributed by atoms with Gasteiger partial charge >= 0.3 is 0 Å². The highest BCUT2D eigenvalue weighted by Gasteiger charge is 2.21. The molecule has 0 N–H and O–H groups in total. The summed E-state index contributed by atoms with van der Waals surface area (Å²) in [5.74, 6) is 0. The first-order valence-electron chi connectivity index (χ1n) is 24.8. The van der Waals surface area contributed by atoms with E-state index in [4.69, 9.17) is 19.5 Å². The molecule has 0 aliphatic rings. The van der Waals surface area contributed by atoms with E-state index in [-0.39, 0.29) is 16.5 Å². The van der Waals surface area contributed by atoms with Crippen molar-refractivity contribution in [2.24, 2.45) is 0 Å². The highest BCUT2D eigenvalue weighted by atomic mass is 16.3. The molecular formula is C48H30O. The van der Waals surface area contributed by atoms with Gasteiger partial charge in [-0.25, -0.2) is 0 Å². The molecule has 0 saturated heterocycles. The Morgan fingerprint density at radius 3 is 1.45 bits per heavy atom. The Hall–Kier alpha value is -6.44. The molecule has 10 aromatic rings. The fourth-order valence-electron chi connectivity index (χ4n) is 6.76. The summed E-state index contributed by atoms with van der Waals surface area (Å²) in [5, 5.41) is -1.98. The lowest BCUT2D eigenvalue weighted by atomic mass is 9.83. The molecule has 0 spiro atoms. The van der Waals surface area contributed by atoms with Crippen LogP contribution in [0.4, 0.5) is 0 Å². The van der Waals surface area contributed by atoms with Gasteiger partial charge in [0.15, 0.2) is 0 Å². The predicted octanol–water partition coefficient (Wildman–Crippen LogP) is 13.7. The zero-order valence-electron chi connectivity index (χ0n) is 44.3. The van der Waals surface area contributed by atoms with Crippen LogP contribution >= 0.6 is 0 Å². The van der Waals surface area contributed by atoms with Gasteiger partial charge in [0.05, 0.1) is 26.0 Å². The summed E-state index contributed by atoms with van der Waals surface area (Å²) in [6, 6.07) is 4.31. The maximum absolute atomic E-state index is 9.99. The van der Waals surface area contributed by atoms with E-state index >= 15 is 0 Å². The lowest BCUT2D eigenvalue weighted by Crippen LogP contribution is -1.92. The summed E-state index contributed by atoms with van der Waals surface area (Å²) < 4.78 is 180. The first-order valence-corrected chi connectivity index (χ1v) is 15.3. The van der Waals surface area contributed by atoms with Crippen molar-refractivity contribution in [2.75, 3.05) is 0 Å². The molecule has 0 bridgehead atoms. The average molecular weight is 642 g/mol. The van der Waals surface area contributed by atoms with Crippen LogP contribution in [0, 0.1) is 0 Å². The smallest absolute Gasteiger partial charge is 0.136 e. The standard InChI is InChI=1S/C48H30O/c1-3-15-31(16-4-1)33-25-13-27-43-47(33)48-37(26-14-28-44(48)49-43)36-29-30-42(35-20-8-7-19-34(35)36)46-40-23-11-9-21-38(40)45(32-17-5-2-6-18-32)39-22-10-12-24-41(39)46/h1-30H/i2D,5D,6D,7D,8D,9D,10D,11D,12D,17D,18D,19D,20D,21D,22D,23D,24D,29D,30D. The molecule has 0 aliphatic heterocycles. The lowest BCUT2D eigenvalue weighted by Gasteiger charge is -2.19. The number of furan rings is 1. The summed E-state index contributed by atoms with van der Waals surface area (Å²) in [6.45, 7) is 0. The van der Waals surface area contributed by atoms with Gasteiger partial charge in [-0.1, -0.05) is 169 Å². The Morgan fingerprint density at radius 1 is 0.327 bits per heavy atom. The second kappa shape index (κ2) is 11.1. The summed E-state index contributed by atoms with van der Waals surface area (Å²) in [6.07, 6.45) is 0. The quantitative estimate of drug-likeness (QED) is 0.174. The SMILES string of the molecule is [2H]c1c([2H])c([2H])c(-c2c3c([2H])c([2H])c([2H])c([2H])c3c(-c3c([2H])c([2H])c(-c4cccc5oc6cccc(-c7ccccc7)c6c45)c4c([2H])c([2H])c([2H])c([2H])c34)c3c([2H])c([2H])c([2H])c([2H])c23)c([2H])c1[2H]. The van der Waals surface area contributed by atoms with E-state index < -0.39 is 164 Å². The van der Waals surface area contributed by atoms with Gasteiger partial charge < -0.3 is 4.42 Å². The Kier molecular flexibility index (Phi) is 3.34. The number of hydrogen-bond acceptors (Lipinski definition) is 1. The second-order valence-corrected chi connectivity index (χ2v) is 11.3. The van der Waals surface area contributed by atoms with E-state index in [1.807, 2.05) is 42.5 Å². The van der Waals surface area contributed by atoms with Crippen molar-refractivity contribution in [1.29, 1.82) is 0 Å². The summed E-state index contributed by atoms with van der Waals surface area (Å²) >= 11 is 0. The minimum absolute atomic E-state index is 0.134. The van der Waals surface area contributed by atoms with Crippen molar-refractivity contribution in [3.63, 3.8) is 0 Å². The molecule has 0 unspecified atom stereocenters. The van der Waals surface area contributed by atoms with Crippen LogP contribution < -0.4 is 0 Å². The van der Waals surface area contributed by atoms with Gasteiger partial charge in [-0.3, -0.25) is 0 Å². The van der Waals surface area contributed by atoms with Crippen LogP contribution in [0.25, 0.3) is 98.8 Å². The zero-order chi connectivity index (χ0) is 48.8. The molecule has 0 amide bonds. The van der Waals surface area contributed by atoms with E-state index in [0.717, 1.165) is 11.1 Å². The maximum Gasteiger partial charge on any atom is 0.136 e. The Balaban J connectivity index is 1.51. The third-order valence-corrected chi connectivity index (χ3v) is 8.75. The number of benzene rings is 9. The highest BCUT2D eigenvalue weighted by molar-refractivity contribution is 6.25. The third kappa shape index (κ3) is 4.26. The molecule has 0 saturated carbocycles. The minimum atomic E-state index is -0.871. The summed E-state index contributed by atoms with van der Waals surface area (Å²) in [7, 11) is 0. The van der Waals surface area contributed by atoms with Gasteiger partial charge in [0.2, 0.25) is 0 Å². The molecule has 0 atom stereocenters. The number of fused-ring (bicyclic) bond motifs is 6. The summed E-state index contributed by atoms with van der Waals surface area (Å²) in [5.41, 5.74) is 0.133. The van der Waals surface area contributed by atoms with E-state index in [1.165, 1.54) is 0 Å². The van der Waals surface area contributed by atoms with Crippen molar-refractivity contribution in [3.8, 4) is 44.5 Å². The fraction of sp³-hybridized carbons (Fsp3) is 0. The first-order chi connectivity index (χ1) is 32.2. The van der Waals surface area contributed by atoms with Crippen LogP contribution in [0.5, 0.6) is 0 Å². The van der Waals surface area contributed by atoms with Crippen molar-refractivity contribution >= 4 is 54.3 Å². The van der Waals surface area contributed by atoms with Crippen molar-refractivity contribution in [2.45, 2.75) is 0 Å².